The molecule has 21 heavy (non-hydrogen) atoms. The van der Waals surface area contributed by atoms with Gasteiger partial charge in [-0.1, -0.05) is 12.1 Å². The summed E-state index contributed by atoms with van der Waals surface area (Å²) in [6.07, 6.45) is 0. The molecule has 112 valence electrons. The van der Waals surface area contributed by atoms with Crippen molar-refractivity contribution < 1.29 is 17.5 Å². The molecule has 0 aliphatic rings. The molecule has 3 N–H and O–H groups in total. The van der Waals surface area contributed by atoms with Crippen LogP contribution in [-0.4, -0.2) is 15.5 Å². The van der Waals surface area contributed by atoms with Gasteiger partial charge in [-0.3, -0.25) is 4.72 Å². The van der Waals surface area contributed by atoms with E-state index in [4.69, 9.17) is 10.5 Å². The maximum absolute atomic E-state index is 12.9. The van der Waals surface area contributed by atoms with E-state index >= 15 is 0 Å². The fourth-order valence-electron chi connectivity index (χ4n) is 1.84. The normalized spacial score (nSPS) is 11.2. The van der Waals surface area contributed by atoms with Gasteiger partial charge in [0.15, 0.2) is 0 Å². The summed E-state index contributed by atoms with van der Waals surface area (Å²) in [4.78, 5) is -0.0437. The Labute approximate surface area is 122 Å². The standard InChI is InChI=1S/C14H15FN2O3S/c1-20-13-4-2-3-10(9-16)14(13)17-21(18,19)12-7-5-11(15)6-8-12/h2-8,17H,9,16H2,1H3. The number of rotatable bonds is 5. The second-order valence-electron chi connectivity index (χ2n) is 4.26. The zero-order chi connectivity index (χ0) is 15.5. The van der Waals surface area contributed by atoms with Crippen molar-refractivity contribution in [2.24, 2.45) is 5.73 Å². The van der Waals surface area contributed by atoms with Crippen molar-refractivity contribution in [1.82, 2.24) is 0 Å². The molecule has 0 saturated heterocycles. The van der Waals surface area contributed by atoms with Crippen molar-refractivity contribution in [2.75, 3.05) is 11.8 Å². The molecular weight excluding hydrogens is 295 g/mol. The zero-order valence-corrected chi connectivity index (χ0v) is 12.2. The molecule has 0 aliphatic carbocycles. The molecule has 2 aromatic carbocycles. The number of benzene rings is 2. The molecule has 0 saturated carbocycles. The number of halogens is 1. The molecule has 0 aromatic heterocycles. The first-order valence-electron chi connectivity index (χ1n) is 6.12. The van der Waals surface area contributed by atoms with Crippen LogP contribution in [0.15, 0.2) is 47.4 Å². The Bertz CT molecular complexity index is 708. The summed E-state index contributed by atoms with van der Waals surface area (Å²) in [5, 5.41) is 0. The fourth-order valence-corrected chi connectivity index (χ4v) is 2.95. The molecule has 0 amide bonds. The summed E-state index contributed by atoms with van der Waals surface area (Å²) in [5.41, 5.74) is 6.49. The third kappa shape index (κ3) is 3.32. The van der Waals surface area contributed by atoms with E-state index in [0.29, 0.717) is 11.3 Å². The second kappa shape index (κ2) is 6.11. The van der Waals surface area contributed by atoms with Gasteiger partial charge in [0, 0.05) is 6.54 Å². The van der Waals surface area contributed by atoms with E-state index < -0.39 is 15.8 Å². The first kappa shape index (κ1) is 15.3. The lowest BCUT2D eigenvalue weighted by molar-refractivity contribution is 0.416. The van der Waals surface area contributed by atoms with Crippen molar-refractivity contribution >= 4 is 15.7 Å². The van der Waals surface area contributed by atoms with Gasteiger partial charge >= 0.3 is 0 Å². The Balaban J connectivity index is 2.43. The zero-order valence-electron chi connectivity index (χ0n) is 11.3. The highest BCUT2D eigenvalue weighted by Crippen LogP contribution is 2.30. The van der Waals surface area contributed by atoms with Crippen molar-refractivity contribution in [2.45, 2.75) is 11.4 Å². The van der Waals surface area contributed by atoms with Gasteiger partial charge in [-0.05, 0) is 35.9 Å². The molecule has 2 rings (SSSR count). The molecule has 0 radical (unpaired) electrons. The predicted octanol–water partition coefficient (Wildman–Crippen LogP) is 2.09. The monoisotopic (exact) mass is 310 g/mol. The average Bonchev–Trinajstić information content (AvgIpc) is 2.47. The van der Waals surface area contributed by atoms with E-state index in [1.807, 2.05) is 0 Å². The smallest absolute Gasteiger partial charge is 0.262 e. The fraction of sp³-hybridized carbons (Fsp3) is 0.143. The number of hydrogen-bond acceptors (Lipinski definition) is 4. The maximum atomic E-state index is 12.9. The Kier molecular flexibility index (Phi) is 4.44. The maximum Gasteiger partial charge on any atom is 0.262 e. The first-order valence-corrected chi connectivity index (χ1v) is 7.60. The van der Waals surface area contributed by atoms with Crippen LogP contribution in [0.4, 0.5) is 10.1 Å². The van der Waals surface area contributed by atoms with Gasteiger partial charge < -0.3 is 10.5 Å². The molecule has 0 atom stereocenters. The van der Waals surface area contributed by atoms with E-state index in [1.165, 1.54) is 19.2 Å². The van der Waals surface area contributed by atoms with E-state index in [2.05, 4.69) is 4.72 Å². The molecule has 0 aliphatic heterocycles. The minimum absolute atomic E-state index is 0.0437. The molecule has 0 spiro atoms. The van der Waals surface area contributed by atoms with Crippen LogP contribution >= 0.6 is 0 Å². The number of ether oxygens (including phenoxy) is 1. The number of para-hydroxylation sites is 1. The van der Waals surface area contributed by atoms with Crippen molar-refractivity contribution in [1.29, 1.82) is 0 Å². The number of sulfonamides is 1. The molecule has 0 fully saturated rings. The summed E-state index contributed by atoms with van der Waals surface area (Å²) in [7, 11) is -2.41. The third-order valence-electron chi connectivity index (χ3n) is 2.91. The minimum Gasteiger partial charge on any atom is -0.495 e. The molecular formula is C14H15FN2O3S. The van der Waals surface area contributed by atoms with Crippen LogP contribution in [0.25, 0.3) is 0 Å². The Hall–Kier alpha value is -2.12. The summed E-state index contributed by atoms with van der Waals surface area (Å²) < 4.78 is 45.1. The van der Waals surface area contributed by atoms with Crippen LogP contribution in [0.2, 0.25) is 0 Å². The summed E-state index contributed by atoms with van der Waals surface area (Å²) >= 11 is 0. The molecule has 0 unspecified atom stereocenters. The highest BCUT2D eigenvalue weighted by molar-refractivity contribution is 7.92. The van der Waals surface area contributed by atoms with E-state index in [9.17, 15) is 12.8 Å². The Morgan fingerprint density at radius 1 is 1.19 bits per heavy atom. The van der Waals surface area contributed by atoms with Crippen molar-refractivity contribution in [3.05, 3.63) is 53.8 Å². The van der Waals surface area contributed by atoms with Gasteiger partial charge in [-0.15, -0.1) is 0 Å². The highest BCUT2D eigenvalue weighted by atomic mass is 32.2. The second-order valence-corrected chi connectivity index (χ2v) is 5.94. The van der Waals surface area contributed by atoms with E-state index in [0.717, 1.165) is 12.1 Å². The van der Waals surface area contributed by atoms with Crippen LogP contribution < -0.4 is 15.2 Å². The molecule has 7 heteroatoms. The van der Waals surface area contributed by atoms with Crippen molar-refractivity contribution in [3.63, 3.8) is 0 Å². The number of methoxy groups -OCH3 is 1. The van der Waals surface area contributed by atoms with Gasteiger partial charge in [0.05, 0.1) is 17.7 Å². The summed E-state index contributed by atoms with van der Waals surface area (Å²) in [6, 6.07) is 9.59. The lowest BCUT2D eigenvalue weighted by Gasteiger charge is -2.15. The first-order chi connectivity index (χ1) is 9.97. The summed E-state index contributed by atoms with van der Waals surface area (Å²) in [6.45, 7) is 0.151. The Morgan fingerprint density at radius 2 is 1.86 bits per heavy atom. The van der Waals surface area contributed by atoms with Gasteiger partial charge in [-0.2, -0.15) is 0 Å². The largest absolute Gasteiger partial charge is 0.495 e. The number of nitrogens with two attached hydrogens (primary N) is 1. The van der Waals surface area contributed by atoms with Crippen LogP contribution in [0.1, 0.15) is 5.56 Å². The summed E-state index contributed by atoms with van der Waals surface area (Å²) in [5.74, 6) is -0.141. The van der Waals surface area contributed by atoms with Gasteiger partial charge in [0.1, 0.15) is 11.6 Å². The number of nitrogens with one attached hydrogen (secondary N) is 1. The van der Waals surface area contributed by atoms with E-state index in [1.54, 1.807) is 18.2 Å². The lowest BCUT2D eigenvalue weighted by Crippen LogP contribution is -2.16. The van der Waals surface area contributed by atoms with Gasteiger partial charge in [0.2, 0.25) is 0 Å². The van der Waals surface area contributed by atoms with Gasteiger partial charge in [0.25, 0.3) is 10.0 Å². The molecule has 0 heterocycles. The number of anilines is 1. The van der Waals surface area contributed by atoms with Crippen molar-refractivity contribution in [3.8, 4) is 5.75 Å². The van der Waals surface area contributed by atoms with Crippen LogP contribution in [0.3, 0.4) is 0 Å². The van der Waals surface area contributed by atoms with Crippen LogP contribution in [0.5, 0.6) is 5.75 Å². The van der Waals surface area contributed by atoms with E-state index in [-0.39, 0.29) is 17.1 Å². The third-order valence-corrected chi connectivity index (χ3v) is 4.28. The number of hydrogen-bond donors (Lipinski definition) is 2. The Morgan fingerprint density at radius 3 is 2.43 bits per heavy atom. The predicted molar refractivity (Wildman–Crippen MR) is 78.1 cm³/mol. The molecule has 0 bridgehead atoms. The van der Waals surface area contributed by atoms with Crippen LogP contribution in [0, 0.1) is 5.82 Å². The highest BCUT2D eigenvalue weighted by Gasteiger charge is 2.18. The average molecular weight is 310 g/mol. The SMILES string of the molecule is COc1cccc(CN)c1NS(=O)(=O)c1ccc(F)cc1. The molecule has 5 nitrogen and oxygen atoms in total. The van der Waals surface area contributed by atoms with Gasteiger partial charge in [-0.25, -0.2) is 12.8 Å². The van der Waals surface area contributed by atoms with Crippen LogP contribution in [-0.2, 0) is 16.6 Å². The molecule has 2 aromatic rings. The lowest BCUT2D eigenvalue weighted by atomic mass is 10.1. The quantitative estimate of drug-likeness (QED) is 0.886. The minimum atomic E-state index is -3.85. The topological polar surface area (TPSA) is 81.4 Å².